The van der Waals surface area contributed by atoms with Crippen molar-refractivity contribution >= 4 is 5.97 Å². The molecule has 0 spiro atoms. The van der Waals surface area contributed by atoms with Crippen molar-refractivity contribution in [3.63, 3.8) is 0 Å². The summed E-state index contributed by atoms with van der Waals surface area (Å²) >= 11 is 0. The summed E-state index contributed by atoms with van der Waals surface area (Å²) in [6.07, 6.45) is 1.22. The molecule has 0 heterocycles. The molecule has 0 aromatic rings. The molecule has 0 bridgehead atoms. The van der Waals surface area contributed by atoms with Crippen LogP contribution in [0.5, 0.6) is 0 Å². The number of aliphatic carboxylic acids is 1. The average molecular weight is 174 g/mol. The van der Waals surface area contributed by atoms with Crippen molar-refractivity contribution < 1.29 is 20.1 Å². The van der Waals surface area contributed by atoms with E-state index >= 15 is 0 Å². The minimum atomic E-state index is -1.08. The van der Waals surface area contributed by atoms with Crippen molar-refractivity contribution in [3.8, 4) is 0 Å². The van der Waals surface area contributed by atoms with Gasteiger partial charge in [-0.3, -0.25) is 4.79 Å². The van der Waals surface area contributed by atoms with Gasteiger partial charge in [-0.1, -0.05) is 0 Å². The molecule has 12 heavy (non-hydrogen) atoms. The van der Waals surface area contributed by atoms with Gasteiger partial charge in [0, 0.05) is 0 Å². The van der Waals surface area contributed by atoms with E-state index in [9.17, 15) is 9.90 Å². The molecule has 0 radical (unpaired) electrons. The Morgan fingerprint density at radius 2 is 1.92 bits per heavy atom. The summed E-state index contributed by atoms with van der Waals surface area (Å²) in [5.41, 5.74) is -1.08. The van der Waals surface area contributed by atoms with Crippen molar-refractivity contribution in [2.45, 2.75) is 43.8 Å². The second-order valence-electron chi connectivity index (χ2n) is 3.53. The number of aliphatic hydroxyl groups is 2. The number of carboxylic acids is 1. The highest BCUT2D eigenvalue weighted by atomic mass is 16.4. The first kappa shape index (κ1) is 9.48. The maximum absolute atomic E-state index is 10.3. The van der Waals surface area contributed by atoms with Crippen LogP contribution in [-0.4, -0.2) is 33.0 Å². The van der Waals surface area contributed by atoms with E-state index in [1.165, 1.54) is 0 Å². The van der Waals surface area contributed by atoms with Crippen LogP contribution >= 0.6 is 0 Å². The summed E-state index contributed by atoms with van der Waals surface area (Å²) in [6.45, 7) is 0. The van der Waals surface area contributed by atoms with E-state index in [-0.39, 0.29) is 12.5 Å². The molecule has 1 saturated carbocycles. The summed E-state index contributed by atoms with van der Waals surface area (Å²) in [4.78, 5) is 10.3. The first-order valence-corrected chi connectivity index (χ1v) is 4.14. The Bertz CT molecular complexity index is 170. The topological polar surface area (TPSA) is 77.8 Å². The van der Waals surface area contributed by atoms with Crippen LogP contribution in [0.1, 0.15) is 32.1 Å². The Hall–Kier alpha value is -0.610. The molecule has 0 atom stereocenters. The van der Waals surface area contributed by atoms with Crippen molar-refractivity contribution in [1.29, 1.82) is 0 Å². The quantitative estimate of drug-likeness (QED) is 0.556. The van der Waals surface area contributed by atoms with Gasteiger partial charge in [-0.25, -0.2) is 0 Å². The van der Waals surface area contributed by atoms with E-state index < -0.39 is 11.6 Å². The number of rotatable bonds is 2. The lowest BCUT2D eigenvalue weighted by molar-refractivity contribution is -0.144. The average Bonchev–Trinajstić information content (AvgIpc) is 1.94. The fraction of sp³-hybridized carbons (Fsp3) is 0.875. The molecule has 4 heteroatoms. The maximum Gasteiger partial charge on any atom is 0.306 e. The largest absolute Gasteiger partial charge is 0.481 e. The van der Waals surface area contributed by atoms with Crippen molar-refractivity contribution in [3.05, 3.63) is 0 Å². The van der Waals surface area contributed by atoms with Crippen molar-refractivity contribution in [2.75, 3.05) is 0 Å². The number of carboxylic acid groups (broad SMARTS) is 1. The molecule has 70 valence electrons. The first-order valence-electron chi connectivity index (χ1n) is 4.14. The maximum atomic E-state index is 10.3. The predicted molar refractivity (Wildman–Crippen MR) is 41.7 cm³/mol. The molecule has 0 aliphatic heterocycles. The van der Waals surface area contributed by atoms with Crippen molar-refractivity contribution in [2.24, 2.45) is 0 Å². The number of hydrogen-bond acceptors (Lipinski definition) is 3. The van der Waals surface area contributed by atoms with Gasteiger partial charge in [0.2, 0.25) is 0 Å². The van der Waals surface area contributed by atoms with E-state index in [2.05, 4.69) is 0 Å². The predicted octanol–water partition coefficient (Wildman–Crippen LogP) is 0.127. The van der Waals surface area contributed by atoms with Gasteiger partial charge in [0.25, 0.3) is 0 Å². The third-order valence-corrected chi connectivity index (χ3v) is 2.37. The van der Waals surface area contributed by atoms with Gasteiger partial charge in [0.05, 0.1) is 18.1 Å². The summed E-state index contributed by atoms with van der Waals surface area (Å²) in [5, 5.41) is 27.3. The molecule has 0 saturated heterocycles. The van der Waals surface area contributed by atoms with Gasteiger partial charge >= 0.3 is 5.97 Å². The number of carbonyl (C=O) groups is 1. The highest BCUT2D eigenvalue weighted by molar-refractivity contribution is 5.68. The highest BCUT2D eigenvalue weighted by Gasteiger charge is 2.34. The first-order chi connectivity index (χ1) is 5.52. The number of aliphatic hydroxyl groups excluding tert-OH is 1. The Morgan fingerprint density at radius 1 is 1.42 bits per heavy atom. The van der Waals surface area contributed by atoms with Crippen LogP contribution in [0.3, 0.4) is 0 Å². The standard InChI is InChI=1S/C8H14O4/c9-6-1-3-8(12,4-2-6)5-7(10)11/h6,9,12H,1-5H2,(H,10,11). The van der Waals surface area contributed by atoms with Gasteiger partial charge in [-0.2, -0.15) is 0 Å². The molecule has 1 aliphatic rings. The monoisotopic (exact) mass is 174 g/mol. The SMILES string of the molecule is O=C(O)CC1(O)CCC(O)CC1. The molecule has 3 N–H and O–H groups in total. The van der Waals surface area contributed by atoms with E-state index in [1.54, 1.807) is 0 Å². The smallest absolute Gasteiger partial charge is 0.306 e. The van der Waals surface area contributed by atoms with Crippen LogP contribution in [0.15, 0.2) is 0 Å². The van der Waals surface area contributed by atoms with Gasteiger partial charge in [0.15, 0.2) is 0 Å². The summed E-state index contributed by atoms with van der Waals surface area (Å²) < 4.78 is 0. The second kappa shape index (κ2) is 3.41. The molecule has 0 aromatic heterocycles. The molecule has 1 aliphatic carbocycles. The van der Waals surface area contributed by atoms with E-state index in [0.29, 0.717) is 25.7 Å². The van der Waals surface area contributed by atoms with Crippen LogP contribution in [-0.2, 0) is 4.79 Å². The minimum absolute atomic E-state index is 0.209. The van der Waals surface area contributed by atoms with E-state index in [0.717, 1.165) is 0 Å². The van der Waals surface area contributed by atoms with E-state index in [4.69, 9.17) is 10.2 Å². The third-order valence-electron chi connectivity index (χ3n) is 2.37. The summed E-state index contributed by atoms with van der Waals surface area (Å²) in [7, 11) is 0. The van der Waals surface area contributed by atoms with Gasteiger partial charge in [-0.05, 0) is 25.7 Å². The van der Waals surface area contributed by atoms with Crippen LogP contribution in [0.4, 0.5) is 0 Å². The summed E-state index contributed by atoms with van der Waals surface area (Å²) in [6, 6.07) is 0. The minimum Gasteiger partial charge on any atom is -0.481 e. The fourth-order valence-corrected chi connectivity index (χ4v) is 1.60. The number of hydrogen-bond donors (Lipinski definition) is 3. The lowest BCUT2D eigenvalue weighted by Gasteiger charge is -2.32. The van der Waals surface area contributed by atoms with Crippen LogP contribution in [0.25, 0.3) is 0 Å². The van der Waals surface area contributed by atoms with E-state index in [1.807, 2.05) is 0 Å². The Balaban J connectivity index is 2.44. The third kappa shape index (κ3) is 2.46. The molecular weight excluding hydrogens is 160 g/mol. The molecule has 1 rings (SSSR count). The zero-order valence-corrected chi connectivity index (χ0v) is 6.86. The second-order valence-corrected chi connectivity index (χ2v) is 3.53. The Kier molecular flexibility index (Phi) is 2.69. The Labute approximate surface area is 70.8 Å². The molecule has 4 nitrogen and oxygen atoms in total. The molecule has 0 amide bonds. The lowest BCUT2D eigenvalue weighted by atomic mass is 9.81. The fourth-order valence-electron chi connectivity index (χ4n) is 1.60. The lowest BCUT2D eigenvalue weighted by Crippen LogP contribution is -2.37. The van der Waals surface area contributed by atoms with Gasteiger partial charge in [0.1, 0.15) is 0 Å². The van der Waals surface area contributed by atoms with Gasteiger partial charge in [-0.15, -0.1) is 0 Å². The van der Waals surface area contributed by atoms with Gasteiger partial charge < -0.3 is 15.3 Å². The van der Waals surface area contributed by atoms with Crippen LogP contribution < -0.4 is 0 Å². The molecular formula is C8H14O4. The molecule has 1 fully saturated rings. The molecule has 0 aromatic carbocycles. The highest BCUT2D eigenvalue weighted by Crippen LogP contribution is 2.30. The summed E-state index contributed by atoms with van der Waals surface area (Å²) in [5.74, 6) is -0.978. The zero-order valence-electron chi connectivity index (χ0n) is 6.86. The zero-order chi connectivity index (χ0) is 9.19. The molecule has 0 unspecified atom stereocenters. The van der Waals surface area contributed by atoms with Crippen molar-refractivity contribution in [1.82, 2.24) is 0 Å². The van der Waals surface area contributed by atoms with Crippen LogP contribution in [0, 0.1) is 0 Å². The normalized spacial score (nSPS) is 36.3. The van der Waals surface area contributed by atoms with Crippen LogP contribution in [0.2, 0.25) is 0 Å². The Morgan fingerprint density at radius 3 is 2.33 bits per heavy atom.